The normalized spacial score (nSPS) is 12.8. The van der Waals surface area contributed by atoms with Crippen LogP contribution in [-0.2, 0) is 40.0 Å². The van der Waals surface area contributed by atoms with E-state index in [0.29, 0.717) is 29.8 Å². The van der Waals surface area contributed by atoms with Gasteiger partial charge in [0.25, 0.3) is 0 Å². The van der Waals surface area contributed by atoms with Crippen LogP contribution in [0.2, 0.25) is 0 Å². The molecule has 2 aromatic carbocycles. The number of hydrogen-bond donors (Lipinski definition) is 10. The van der Waals surface area contributed by atoms with Crippen LogP contribution < -0.4 is 38.1 Å². The highest BCUT2D eigenvalue weighted by Gasteiger charge is 2.32. The van der Waals surface area contributed by atoms with Crippen LogP contribution in [0.4, 0.5) is 21.0 Å². The lowest BCUT2D eigenvalue weighted by Gasteiger charge is -2.24. The number of unbranched alkanes of at least 4 members (excludes halogenated alkanes) is 1. The van der Waals surface area contributed by atoms with E-state index in [2.05, 4.69) is 26.6 Å². The van der Waals surface area contributed by atoms with Crippen molar-refractivity contribution in [3.8, 4) is 0 Å². The Labute approximate surface area is 341 Å². The Hall–Kier alpha value is -6.37. The van der Waals surface area contributed by atoms with E-state index in [4.69, 9.17) is 11.5 Å². The van der Waals surface area contributed by atoms with Gasteiger partial charge in [-0.3, -0.25) is 28.8 Å². The second-order valence-electron chi connectivity index (χ2n) is 14.1. The van der Waals surface area contributed by atoms with Crippen molar-refractivity contribution < 1.29 is 58.5 Å². The highest BCUT2D eigenvalue weighted by atomic mass is 16.4. The number of carboxylic acid groups (broad SMARTS) is 3. The topological polar surface area (TPSA) is 327 Å². The van der Waals surface area contributed by atoms with E-state index < -0.39 is 97.2 Å². The molecule has 0 fully saturated rings. The summed E-state index contributed by atoms with van der Waals surface area (Å²) < 4.78 is 0. The predicted molar refractivity (Wildman–Crippen MR) is 215 cm³/mol. The second kappa shape index (κ2) is 25.8. The van der Waals surface area contributed by atoms with E-state index in [0.717, 1.165) is 5.56 Å². The van der Waals surface area contributed by atoms with Crippen molar-refractivity contribution in [1.29, 1.82) is 0 Å². The van der Waals surface area contributed by atoms with Crippen LogP contribution in [0.1, 0.15) is 81.8 Å². The number of para-hydroxylation sites is 1. The van der Waals surface area contributed by atoms with Gasteiger partial charge in [-0.05, 0) is 81.3 Å². The lowest BCUT2D eigenvalue weighted by molar-refractivity contribution is -0.143. The Morgan fingerprint density at radius 2 is 1.29 bits per heavy atom. The first-order valence-electron chi connectivity index (χ1n) is 19.3. The number of rotatable bonds is 28. The number of aliphatic carboxylic acids is 3. The summed E-state index contributed by atoms with van der Waals surface area (Å²) in [5.41, 5.74) is 13.2. The third kappa shape index (κ3) is 19.6. The fourth-order valence-electron chi connectivity index (χ4n) is 6.08. The summed E-state index contributed by atoms with van der Waals surface area (Å²) in [6, 6.07) is 9.73. The van der Waals surface area contributed by atoms with E-state index in [9.17, 15) is 58.5 Å². The zero-order valence-electron chi connectivity index (χ0n) is 33.0. The summed E-state index contributed by atoms with van der Waals surface area (Å²) in [5.74, 6) is -9.07. The van der Waals surface area contributed by atoms with Crippen molar-refractivity contribution >= 4 is 64.7 Å². The van der Waals surface area contributed by atoms with Gasteiger partial charge in [0.15, 0.2) is 5.78 Å². The molecule has 0 aliphatic heterocycles. The Bertz CT molecular complexity index is 1790. The number of hydrogen-bond acceptors (Lipinski definition) is 10. The highest BCUT2D eigenvalue weighted by molar-refractivity contribution is 6.00. The van der Waals surface area contributed by atoms with Crippen LogP contribution in [0.3, 0.4) is 0 Å². The smallest absolute Gasteiger partial charge is 0.326 e. The van der Waals surface area contributed by atoms with E-state index in [1.54, 1.807) is 36.4 Å². The number of carboxylic acids is 3. The molecule has 19 nitrogen and oxygen atoms in total. The first kappa shape index (κ1) is 48.8. The molecule has 0 heterocycles. The van der Waals surface area contributed by atoms with Crippen LogP contribution >= 0.6 is 0 Å². The molecule has 0 saturated heterocycles. The standard InChI is InChI=1S/C40H55N7O12/c1-24-7-2-3-9-30(24)47-40(59)44-28-14-11-25(12-15-28)21-29(48)22-26(8-4-5-20-43-39(42)58)36(54)45-31(16-18-35(52)53)33(49)23-27(13-17-34(50)51)37(55)46-32(38(56)57)10-6-19-41/h2-3,7,9,11-12,14-15,26-27,31-32H,4-6,8,10,13,16-23,41H2,1H3,(H,45,54)(H,46,55)(H,50,51)(H,52,53)(H,56,57)(H3,42,43,58)(H2,44,47,59)/t26-,27-,31+,32+/m1/s1. The Kier molecular flexibility index (Phi) is 21.3. The first-order chi connectivity index (χ1) is 28.0. The van der Waals surface area contributed by atoms with Crippen molar-refractivity contribution in [3.05, 3.63) is 59.7 Å². The molecular weight excluding hydrogens is 770 g/mol. The minimum Gasteiger partial charge on any atom is -0.481 e. The van der Waals surface area contributed by atoms with Crippen molar-refractivity contribution in [2.24, 2.45) is 23.3 Å². The molecule has 322 valence electrons. The van der Waals surface area contributed by atoms with Crippen molar-refractivity contribution in [2.75, 3.05) is 23.7 Å². The summed E-state index contributed by atoms with van der Waals surface area (Å²) in [4.78, 5) is 112. The molecule has 12 N–H and O–H groups in total. The average molecular weight is 826 g/mol. The van der Waals surface area contributed by atoms with Gasteiger partial charge in [0, 0.05) is 61.9 Å². The van der Waals surface area contributed by atoms with Crippen molar-refractivity contribution in [1.82, 2.24) is 16.0 Å². The summed E-state index contributed by atoms with van der Waals surface area (Å²) in [7, 11) is 0. The van der Waals surface area contributed by atoms with E-state index in [-0.39, 0.29) is 57.4 Å². The maximum atomic E-state index is 13.8. The first-order valence-corrected chi connectivity index (χ1v) is 19.3. The number of anilines is 2. The second-order valence-corrected chi connectivity index (χ2v) is 14.1. The van der Waals surface area contributed by atoms with Crippen LogP contribution in [0.15, 0.2) is 48.5 Å². The largest absolute Gasteiger partial charge is 0.481 e. The number of amides is 6. The minimum absolute atomic E-state index is 0.0244. The van der Waals surface area contributed by atoms with E-state index in [1.807, 2.05) is 19.1 Å². The molecule has 2 aromatic rings. The number of carbonyl (C=O) groups excluding carboxylic acids is 6. The summed E-state index contributed by atoms with van der Waals surface area (Å²) in [6.07, 6.45) is -1.80. The van der Waals surface area contributed by atoms with Gasteiger partial charge in [-0.25, -0.2) is 14.4 Å². The molecular formula is C40H55N7O12. The quantitative estimate of drug-likeness (QED) is 0.0553. The van der Waals surface area contributed by atoms with E-state index >= 15 is 0 Å². The third-order valence-corrected chi connectivity index (χ3v) is 9.32. The third-order valence-electron chi connectivity index (χ3n) is 9.32. The number of nitrogens with two attached hydrogens (primary N) is 2. The van der Waals surface area contributed by atoms with Gasteiger partial charge in [-0.15, -0.1) is 0 Å². The number of ketones is 2. The van der Waals surface area contributed by atoms with Gasteiger partial charge in [0.1, 0.15) is 11.8 Å². The SMILES string of the molecule is Cc1ccccc1NC(=O)Nc1ccc(CC(=O)C[C@@H](CCCCNC(N)=O)C(=O)N[C@@H](CCC(=O)O)C(=O)C[C@@H](CCC(=O)O)C(=O)N[C@@H](CCCN)C(=O)O)cc1. The van der Waals surface area contributed by atoms with Crippen molar-refractivity contribution in [2.45, 2.75) is 96.1 Å². The Morgan fingerprint density at radius 3 is 1.88 bits per heavy atom. The highest BCUT2D eigenvalue weighted by Crippen LogP contribution is 2.21. The van der Waals surface area contributed by atoms with Gasteiger partial charge in [-0.1, -0.05) is 36.8 Å². The van der Waals surface area contributed by atoms with Crippen LogP contribution in [0, 0.1) is 18.8 Å². The van der Waals surface area contributed by atoms with Gasteiger partial charge < -0.3 is 53.4 Å². The molecule has 0 aliphatic carbocycles. The maximum Gasteiger partial charge on any atom is 0.326 e. The molecule has 4 atom stereocenters. The average Bonchev–Trinajstić information content (AvgIpc) is 3.16. The number of carbonyl (C=O) groups is 9. The number of benzene rings is 2. The fourth-order valence-corrected chi connectivity index (χ4v) is 6.08. The van der Waals surface area contributed by atoms with E-state index in [1.165, 1.54) is 0 Å². The number of urea groups is 2. The summed E-state index contributed by atoms with van der Waals surface area (Å²) in [5, 5.41) is 41.0. The molecule has 0 aliphatic rings. The zero-order valence-corrected chi connectivity index (χ0v) is 33.0. The molecule has 0 aromatic heterocycles. The molecule has 0 bridgehead atoms. The molecule has 59 heavy (non-hydrogen) atoms. The lowest BCUT2D eigenvalue weighted by atomic mass is 9.90. The van der Waals surface area contributed by atoms with Crippen LogP contribution in [-0.4, -0.2) is 93.8 Å². The van der Waals surface area contributed by atoms with Crippen molar-refractivity contribution in [3.63, 3.8) is 0 Å². The zero-order chi connectivity index (χ0) is 43.9. The van der Waals surface area contributed by atoms with Gasteiger partial charge in [0.05, 0.1) is 6.04 Å². The Morgan fingerprint density at radius 1 is 0.678 bits per heavy atom. The lowest BCUT2D eigenvalue weighted by Crippen LogP contribution is -2.47. The number of primary amides is 1. The van der Waals surface area contributed by atoms with Gasteiger partial charge in [0.2, 0.25) is 11.8 Å². The van der Waals surface area contributed by atoms with Crippen LogP contribution in [0.25, 0.3) is 0 Å². The minimum atomic E-state index is -1.46. The number of aryl methyl sites for hydroxylation is 1. The molecule has 6 amide bonds. The van der Waals surface area contributed by atoms with Crippen LogP contribution in [0.5, 0.6) is 0 Å². The molecule has 0 saturated carbocycles. The molecule has 2 rings (SSSR count). The fraction of sp³-hybridized carbons (Fsp3) is 0.475. The molecule has 0 unspecified atom stereocenters. The summed E-state index contributed by atoms with van der Waals surface area (Å²) >= 11 is 0. The number of nitrogens with one attached hydrogen (secondary N) is 5. The van der Waals surface area contributed by atoms with Gasteiger partial charge in [-0.2, -0.15) is 0 Å². The summed E-state index contributed by atoms with van der Waals surface area (Å²) in [6.45, 7) is 2.19. The Balaban J connectivity index is 2.22. The van der Waals surface area contributed by atoms with Gasteiger partial charge >= 0.3 is 30.0 Å². The predicted octanol–water partition coefficient (Wildman–Crippen LogP) is 2.69. The number of Topliss-reactive ketones (excluding diaryl/α,β-unsaturated/α-hetero) is 2. The molecule has 0 radical (unpaired) electrons. The monoisotopic (exact) mass is 825 g/mol. The molecule has 0 spiro atoms. The maximum absolute atomic E-state index is 13.8. The molecule has 19 heteroatoms.